The van der Waals surface area contributed by atoms with Crippen LogP contribution in [-0.4, -0.2) is 4.98 Å². The molecular weight excluding hydrogens is 182 g/mol. The zero-order chi connectivity index (χ0) is 10.8. The summed E-state index contributed by atoms with van der Waals surface area (Å²) in [6, 6.07) is 10.8. The number of nitrogens with zero attached hydrogens (tertiary/aromatic N) is 1. The molecule has 0 aliphatic heterocycles. The first-order valence-electron chi connectivity index (χ1n) is 5.60. The first-order chi connectivity index (χ1) is 7.20. The molecule has 0 bridgehead atoms. The first-order valence-corrected chi connectivity index (χ1v) is 5.60. The third-order valence-corrected chi connectivity index (χ3v) is 2.80. The highest BCUT2D eigenvalue weighted by molar-refractivity contribution is 5.79. The van der Waals surface area contributed by atoms with E-state index >= 15 is 0 Å². The second kappa shape index (κ2) is 4.01. The Morgan fingerprint density at radius 3 is 2.60 bits per heavy atom. The van der Waals surface area contributed by atoms with Crippen molar-refractivity contribution in [3.8, 4) is 0 Å². The molecule has 1 heterocycles. The fraction of sp³-hybridized carbons (Fsp3) is 0.357. The molecule has 0 saturated heterocycles. The van der Waals surface area contributed by atoms with Crippen LogP contribution in [0.1, 0.15) is 37.9 Å². The molecule has 0 fully saturated rings. The molecule has 1 aromatic heterocycles. The predicted molar refractivity (Wildman–Crippen MR) is 65.2 cm³/mol. The minimum absolute atomic E-state index is 0.584. The summed E-state index contributed by atoms with van der Waals surface area (Å²) in [5.41, 5.74) is 3.66. The van der Waals surface area contributed by atoms with E-state index in [9.17, 15) is 0 Å². The van der Waals surface area contributed by atoms with Crippen LogP contribution in [0.25, 0.3) is 10.9 Å². The summed E-state index contributed by atoms with van der Waals surface area (Å²) < 4.78 is 0. The molecule has 2 aromatic rings. The van der Waals surface area contributed by atoms with Crippen LogP contribution in [0, 0.1) is 0 Å². The molecule has 0 amide bonds. The molecular formula is C14H17N. The van der Waals surface area contributed by atoms with Crippen molar-refractivity contribution in [2.75, 3.05) is 0 Å². The standard InChI is InChI=1S/C14H17N/c1-4-13-7-5-12-9-11(10(2)3)6-8-14(12)15-13/h5-10H,4H2,1-3H3. The molecule has 15 heavy (non-hydrogen) atoms. The van der Waals surface area contributed by atoms with Gasteiger partial charge >= 0.3 is 0 Å². The van der Waals surface area contributed by atoms with Gasteiger partial charge < -0.3 is 0 Å². The molecule has 0 unspecified atom stereocenters. The lowest BCUT2D eigenvalue weighted by Crippen LogP contribution is -1.90. The number of hydrogen-bond acceptors (Lipinski definition) is 1. The van der Waals surface area contributed by atoms with Gasteiger partial charge in [0.15, 0.2) is 0 Å². The van der Waals surface area contributed by atoms with E-state index in [1.807, 2.05) is 0 Å². The Kier molecular flexibility index (Phi) is 2.72. The Hall–Kier alpha value is -1.37. The van der Waals surface area contributed by atoms with Crippen molar-refractivity contribution in [2.24, 2.45) is 0 Å². The molecule has 0 radical (unpaired) electrons. The Morgan fingerprint density at radius 2 is 1.93 bits per heavy atom. The van der Waals surface area contributed by atoms with E-state index in [2.05, 4.69) is 56.1 Å². The zero-order valence-electron chi connectivity index (χ0n) is 9.62. The number of hydrogen-bond donors (Lipinski definition) is 0. The van der Waals surface area contributed by atoms with Gasteiger partial charge in [-0.3, -0.25) is 4.98 Å². The van der Waals surface area contributed by atoms with Crippen LogP contribution in [0.2, 0.25) is 0 Å². The van der Waals surface area contributed by atoms with Crippen LogP contribution in [0.15, 0.2) is 30.3 Å². The number of fused-ring (bicyclic) bond motifs is 1. The Bertz CT molecular complexity index is 472. The van der Waals surface area contributed by atoms with Crippen LogP contribution >= 0.6 is 0 Å². The summed E-state index contributed by atoms with van der Waals surface area (Å²) in [5, 5.41) is 1.25. The van der Waals surface area contributed by atoms with Gasteiger partial charge in [-0.05, 0) is 36.1 Å². The number of aryl methyl sites for hydroxylation is 1. The first kappa shape index (κ1) is 10.2. The highest BCUT2D eigenvalue weighted by Crippen LogP contribution is 2.20. The maximum Gasteiger partial charge on any atom is 0.0705 e. The highest BCUT2D eigenvalue weighted by atomic mass is 14.7. The van der Waals surface area contributed by atoms with Crippen molar-refractivity contribution in [3.05, 3.63) is 41.6 Å². The molecule has 78 valence electrons. The summed E-state index contributed by atoms with van der Waals surface area (Å²) in [7, 11) is 0. The minimum Gasteiger partial charge on any atom is -0.253 e. The molecule has 1 aromatic carbocycles. The monoisotopic (exact) mass is 199 g/mol. The zero-order valence-corrected chi connectivity index (χ0v) is 9.62. The Morgan fingerprint density at radius 1 is 1.13 bits per heavy atom. The van der Waals surface area contributed by atoms with Gasteiger partial charge in [-0.15, -0.1) is 0 Å². The summed E-state index contributed by atoms with van der Waals surface area (Å²) in [6.07, 6.45) is 1.00. The smallest absolute Gasteiger partial charge is 0.0705 e. The predicted octanol–water partition coefficient (Wildman–Crippen LogP) is 3.92. The summed E-state index contributed by atoms with van der Waals surface area (Å²) >= 11 is 0. The normalized spacial score (nSPS) is 11.2. The van der Waals surface area contributed by atoms with Gasteiger partial charge in [0.1, 0.15) is 0 Å². The molecule has 0 aliphatic rings. The lowest BCUT2D eigenvalue weighted by atomic mass is 10.0. The second-order valence-electron chi connectivity index (χ2n) is 4.26. The number of pyridine rings is 1. The van der Waals surface area contributed by atoms with Crippen LogP contribution < -0.4 is 0 Å². The SMILES string of the molecule is CCc1ccc2cc(C(C)C)ccc2n1. The second-order valence-corrected chi connectivity index (χ2v) is 4.26. The van der Waals surface area contributed by atoms with Crippen LogP contribution in [-0.2, 0) is 6.42 Å². The molecule has 0 N–H and O–H groups in total. The van der Waals surface area contributed by atoms with E-state index in [0.29, 0.717) is 5.92 Å². The van der Waals surface area contributed by atoms with Crippen molar-refractivity contribution in [2.45, 2.75) is 33.1 Å². The van der Waals surface area contributed by atoms with Gasteiger partial charge in [-0.1, -0.05) is 32.9 Å². The van der Waals surface area contributed by atoms with Gasteiger partial charge in [0.25, 0.3) is 0 Å². The third kappa shape index (κ3) is 2.01. The average molecular weight is 199 g/mol. The van der Waals surface area contributed by atoms with Crippen molar-refractivity contribution in [1.82, 2.24) is 4.98 Å². The molecule has 0 spiro atoms. The van der Waals surface area contributed by atoms with Gasteiger partial charge in [0, 0.05) is 11.1 Å². The van der Waals surface area contributed by atoms with E-state index in [4.69, 9.17) is 0 Å². The van der Waals surface area contributed by atoms with Crippen molar-refractivity contribution < 1.29 is 0 Å². The maximum absolute atomic E-state index is 4.59. The molecule has 1 heteroatoms. The van der Waals surface area contributed by atoms with Gasteiger partial charge in [-0.25, -0.2) is 0 Å². The Balaban J connectivity index is 2.55. The summed E-state index contributed by atoms with van der Waals surface area (Å²) in [5.74, 6) is 0.584. The fourth-order valence-corrected chi connectivity index (χ4v) is 1.74. The van der Waals surface area contributed by atoms with Crippen LogP contribution in [0.4, 0.5) is 0 Å². The minimum atomic E-state index is 0.584. The maximum atomic E-state index is 4.59. The summed E-state index contributed by atoms with van der Waals surface area (Å²) in [4.78, 5) is 4.59. The lowest BCUT2D eigenvalue weighted by Gasteiger charge is -2.07. The van der Waals surface area contributed by atoms with E-state index in [1.165, 1.54) is 16.6 Å². The number of rotatable bonds is 2. The lowest BCUT2D eigenvalue weighted by molar-refractivity contribution is 0.868. The highest BCUT2D eigenvalue weighted by Gasteiger charge is 2.01. The van der Waals surface area contributed by atoms with E-state index < -0.39 is 0 Å². The largest absolute Gasteiger partial charge is 0.253 e. The van der Waals surface area contributed by atoms with Crippen molar-refractivity contribution in [1.29, 1.82) is 0 Å². The molecule has 0 saturated carbocycles. The molecule has 0 aliphatic carbocycles. The van der Waals surface area contributed by atoms with Crippen molar-refractivity contribution in [3.63, 3.8) is 0 Å². The van der Waals surface area contributed by atoms with Gasteiger partial charge in [-0.2, -0.15) is 0 Å². The van der Waals surface area contributed by atoms with E-state index in [1.54, 1.807) is 0 Å². The quantitative estimate of drug-likeness (QED) is 0.714. The third-order valence-electron chi connectivity index (χ3n) is 2.80. The van der Waals surface area contributed by atoms with E-state index in [-0.39, 0.29) is 0 Å². The summed E-state index contributed by atoms with van der Waals surface area (Å²) in [6.45, 7) is 6.57. The topological polar surface area (TPSA) is 12.9 Å². The number of benzene rings is 1. The van der Waals surface area contributed by atoms with E-state index in [0.717, 1.165) is 11.9 Å². The number of aromatic nitrogens is 1. The molecule has 2 rings (SSSR count). The molecule has 1 nitrogen and oxygen atoms in total. The van der Waals surface area contributed by atoms with Crippen LogP contribution in [0.5, 0.6) is 0 Å². The van der Waals surface area contributed by atoms with Gasteiger partial charge in [0.2, 0.25) is 0 Å². The Labute approximate surface area is 91.2 Å². The average Bonchev–Trinajstić information content (AvgIpc) is 2.27. The fourth-order valence-electron chi connectivity index (χ4n) is 1.74. The van der Waals surface area contributed by atoms with Crippen molar-refractivity contribution >= 4 is 10.9 Å². The van der Waals surface area contributed by atoms with Gasteiger partial charge in [0.05, 0.1) is 5.52 Å². The van der Waals surface area contributed by atoms with Crippen LogP contribution in [0.3, 0.4) is 0 Å². The molecule has 0 atom stereocenters.